The van der Waals surface area contributed by atoms with Crippen LogP contribution in [0.15, 0.2) is 18.3 Å². The van der Waals surface area contributed by atoms with Crippen LogP contribution < -0.4 is 5.46 Å². The van der Waals surface area contributed by atoms with Crippen molar-refractivity contribution in [2.24, 2.45) is 0 Å². The first-order valence-electron chi connectivity index (χ1n) is 5.77. The Kier molecular flexibility index (Phi) is 3.02. The van der Waals surface area contributed by atoms with Gasteiger partial charge in [-0.25, -0.2) is 0 Å². The van der Waals surface area contributed by atoms with Gasteiger partial charge in [-0.05, 0) is 33.8 Å². The van der Waals surface area contributed by atoms with E-state index in [0.717, 1.165) is 5.46 Å². The van der Waals surface area contributed by atoms with Crippen LogP contribution in [0.3, 0.4) is 0 Å². The summed E-state index contributed by atoms with van der Waals surface area (Å²) in [6, 6.07) is 3.65. The Morgan fingerprint density at radius 1 is 1.18 bits per heavy atom. The lowest BCUT2D eigenvalue weighted by atomic mass is 9.80. The molecule has 1 aliphatic rings. The van der Waals surface area contributed by atoms with Crippen LogP contribution in [0, 0.1) is 0 Å². The second kappa shape index (κ2) is 4.08. The van der Waals surface area contributed by atoms with Gasteiger partial charge in [-0.15, -0.1) is 0 Å². The van der Waals surface area contributed by atoms with Crippen molar-refractivity contribution < 1.29 is 14.4 Å². The molecule has 1 aromatic rings. The van der Waals surface area contributed by atoms with E-state index in [9.17, 15) is 0 Å². The molecule has 0 saturated carbocycles. The normalized spacial score (nSPS) is 21.8. The molecule has 1 aromatic heterocycles. The van der Waals surface area contributed by atoms with Gasteiger partial charge in [-0.3, -0.25) is 4.98 Å². The van der Waals surface area contributed by atoms with E-state index in [4.69, 9.17) is 14.4 Å². The summed E-state index contributed by atoms with van der Waals surface area (Å²) in [5, 5.41) is 8.93. The van der Waals surface area contributed by atoms with Crippen molar-refractivity contribution in [3.05, 3.63) is 24.0 Å². The molecule has 0 unspecified atom stereocenters. The van der Waals surface area contributed by atoms with Crippen LogP contribution >= 0.6 is 0 Å². The number of aliphatic hydroxyl groups is 1. The van der Waals surface area contributed by atoms with Gasteiger partial charge in [0, 0.05) is 11.7 Å². The van der Waals surface area contributed by atoms with E-state index in [1.54, 1.807) is 12.3 Å². The SMILES string of the molecule is CC1(C)OB(c2ccc(CO)nc2)OC1(C)C. The average molecular weight is 235 g/mol. The molecule has 1 fully saturated rings. The number of hydrogen-bond donors (Lipinski definition) is 1. The molecule has 1 aliphatic heterocycles. The molecule has 4 nitrogen and oxygen atoms in total. The van der Waals surface area contributed by atoms with Gasteiger partial charge in [-0.2, -0.15) is 0 Å². The number of aliphatic hydroxyl groups excluding tert-OH is 1. The Morgan fingerprint density at radius 3 is 2.18 bits per heavy atom. The van der Waals surface area contributed by atoms with Crippen molar-refractivity contribution in [2.45, 2.75) is 45.5 Å². The zero-order valence-electron chi connectivity index (χ0n) is 10.7. The predicted octanol–water partition coefficient (Wildman–Crippen LogP) is 0.873. The smallest absolute Gasteiger partial charge is 0.399 e. The van der Waals surface area contributed by atoms with Crippen molar-refractivity contribution in [3.8, 4) is 0 Å². The highest BCUT2D eigenvalue weighted by Gasteiger charge is 2.51. The van der Waals surface area contributed by atoms with Gasteiger partial charge in [0.15, 0.2) is 0 Å². The third-order valence-corrected chi connectivity index (χ3v) is 3.54. The monoisotopic (exact) mass is 235 g/mol. The minimum atomic E-state index is -0.389. The summed E-state index contributed by atoms with van der Waals surface area (Å²) < 4.78 is 11.8. The van der Waals surface area contributed by atoms with Crippen molar-refractivity contribution >= 4 is 12.6 Å². The number of pyridine rings is 1. The molecule has 0 amide bonds. The van der Waals surface area contributed by atoms with Gasteiger partial charge in [0.1, 0.15) is 0 Å². The quantitative estimate of drug-likeness (QED) is 0.773. The van der Waals surface area contributed by atoms with Crippen LogP contribution in [0.1, 0.15) is 33.4 Å². The molecule has 17 heavy (non-hydrogen) atoms. The summed E-state index contributed by atoms with van der Waals surface area (Å²) >= 11 is 0. The minimum Gasteiger partial charge on any atom is -0.399 e. The Bertz CT molecular complexity index is 387. The predicted molar refractivity (Wildman–Crippen MR) is 65.9 cm³/mol. The van der Waals surface area contributed by atoms with E-state index in [0.29, 0.717) is 5.69 Å². The molecule has 0 aliphatic carbocycles. The molecule has 0 atom stereocenters. The van der Waals surface area contributed by atoms with E-state index in [2.05, 4.69) is 4.98 Å². The zero-order chi connectivity index (χ0) is 12.7. The first-order chi connectivity index (χ1) is 7.86. The molecular weight excluding hydrogens is 217 g/mol. The second-order valence-corrected chi connectivity index (χ2v) is 5.33. The number of aromatic nitrogens is 1. The third kappa shape index (κ3) is 2.23. The summed E-state index contributed by atoms with van der Waals surface area (Å²) in [6.45, 7) is 8.01. The van der Waals surface area contributed by atoms with Crippen molar-refractivity contribution in [3.63, 3.8) is 0 Å². The van der Waals surface area contributed by atoms with Crippen LogP contribution in [-0.4, -0.2) is 28.4 Å². The number of nitrogens with zero attached hydrogens (tertiary/aromatic N) is 1. The molecule has 0 bridgehead atoms. The Hall–Kier alpha value is -0.905. The third-order valence-electron chi connectivity index (χ3n) is 3.54. The standard InChI is InChI=1S/C12H18BNO3/c1-11(2)12(3,4)17-13(16-11)9-5-6-10(8-15)14-7-9/h5-7,15H,8H2,1-4H3. The molecule has 92 valence electrons. The molecule has 0 radical (unpaired) electrons. The lowest BCUT2D eigenvalue weighted by Crippen LogP contribution is -2.41. The highest BCUT2D eigenvalue weighted by atomic mass is 16.7. The fourth-order valence-corrected chi connectivity index (χ4v) is 1.65. The summed E-state index contributed by atoms with van der Waals surface area (Å²) in [5.41, 5.74) is 0.840. The fourth-order valence-electron chi connectivity index (χ4n) is 1.65. The van der Waals surface area contributed by atoms with E-state index in [1.165, 1.54) is 0 Å². The maximum Gasteiger partial charge on any atom is 0.496 e. The van der Waals surface area contributed by atoms with Gasteiger partial charge in [0.2, 0.25) is 0 Å². The topological polar surface area (TPSA) is 51.6 Å². The molecule has 0 spiro atoms. The molecule has 1 N–H and O–H groups in total. The second-order valence-electron chi connectivity index (χ2n) is 5.33. The summed E-state index contributed by atoms with van der Waals surface area (Å²) in [6.07, 6.45) is 1.69. The summed E-state index contributed by atoms with van der Waals surface area (Å²) in [4.78, 5) is 4.13. The Labute approximate surface area is 102 Å². The maximum absolute atomic E-state index is 8.93. The Morgan fingerprint density at radius 2 is 1.76 bits per heavy atom. The Balaban J connectivity index is 2.20. The van der Waals surface area contributed by atoms with Gasteiger partial charge < -0.3 is 14.4 Å². The van der Waals surface area contributed by atoms with E-state index in [-0.39, 0.29) is 24.9 Å². The van der Waals surface area contributed by atoms with E-state index in [1.807, 2.05) is 33.8 Å². The van der Waals surface area contributed by atoms with Gasteiger partial charge >= 0.3 is 7.12 Å². The largest absolute Gasteiger partial charge is 0.496 e. The van der Waals surface area contributed by atoms with E-state index < -0.39 is 0 Å². The molecule has 1 saturated heterocycles. The number of rotatable bonds is 2. The zero-order valence-corrected chi connectivity index (χ0v) is 10.7. The highest BCUT2D eigenvalue weighted by molar-refractivity contribution is 6.62. The fraction of sp³-hybridized carbons (Fsp3) is 0.583. The van der Waals surface area contributed by atoms with Gasteiger partial charge in [0.25, 0.3) is 0 Å². The van der Waals surface area contributed by atoms with Crippen molar-refractivity contribution in [1.29, 1.82) is 0 Å². The maximum atomic E-state index is 8.93. The highest BCUT2D eigenvalue weighted by Crippen LogP contribution is 2.36. The van der Waals surface area contributed by atoms with Crippen LogP contribution in [0.4, 0.5) is 0 Å². The minimum absolute atomic E-state index is 0.0519. The lowest BCUT2D eigenvalue weighted by Gasteiger charge is -2.32. The summed E-state index contributed by atoms with van der Waals surface area (Å²) in [5.74, 6) is 0. The van der Waals surface area contributed by atoms with Crippen molar-refractivity contribution in [2.75, 3.05) is 0 Å². The molecule has 5 heteroatoms. The van der Waals surface area contributed by atoms with Crippen LogP contribution in [0.5, 0.6) is 0 Å². The molecule has 2 rings (SSSR count). The van der Waals surface area contributed by atoms with Crippen LogP contribution in [0.2, 0.25) is 0 Å². The van der Waals surface area contributed by atoms with Crippen molar-refractivity contribution in [1.82, 2.24) is 4.98 Å². The molecular formula is C12H18BNO3. The van der Waals surface area contributed by atoms with E-state index >= 15 is 0 Å². The first-order valence-corrected chi connectivity index (χ1v) is 5.77. The van der Waals surface area contributed by atoms with Gasteiger partial charge in [0.05, 0.1) is 23.5 Å². The average Bonchev–Trinajstić information content (AvgIpc) is 2.48. The number of hydrogen-bond acceptors (Lipinski definition) is 4. The lowest BCUT2D eigenvalue weighted by molar-refractivity contribution is 0.00578. The van der Waals surface area contributed by atoms with Crippen LogP contribution in [-0.2, 0) is 15.9 Å². The first kappa shape index (κ1) is 12.5. The van der Waals surface area contributed by atoms with Crippen LogP contribution in [0.25, 0.3) is 0 Å². The molecule has 0 aromatic carbocycles. The van der Waals surface area contributed by atoms with Gasteiger partial charge in [-0.1, -0.05) is 6.07 Å². The molecule has 2 heterocycles. The summed E-state index contributed by atoms with van der Waals surface area (Å²) in [7, 11) is -0.389.